The fourth-order valence-corrected chi connectivity index (χ4v) is 3.32. The number of aliphatic hydroxyl groups is 1. The minimum Gasteiger partial charge on any atom is -0.396 e. The molecule has 0 bridgehead atoms. The average molecular weight is 251 g/mol. The van der Waals surface area contributed by atoms with Crippen LogP contribution >= 0.6 is 0 Å². The van der Waals surface area contributed by atoms with Gasteiger partial charge in [0.2, 0.25) is 0 Å². The Balaban J connectivity index is 1.69. The van der Waals surface area contributed by atoms with Gasteiger partial charge in [-0.05, 0) is 12.8 Å². The molecule has 5 heteroatoms. The average Bonchev–Trinajstić information content (AvgIpc) is 2.96. The molecule has 1 aromatic rings. The predicted octanol–water partition coefficient (Wildman–Crippen LogP) is 0.392. The molecule has 0 unspecified atom stereocenters. The zero-order chi connectivity index (χ0) is 12.5. The number of morpholine rings is 1. The molecule has 1 aliphatic carbocycles. The molecule has 0 spiro atoms. The second-order valence-electron chi connectivity index (χ2n) is 5.42. The van der Waals surface area contributed by atoms with E-state index in [4.69, 9.17) is 4.74 Å². The van der Waals surface area contributed by atoms with Gasteiger partial charge in [-0.25, -0.2) is 0 Å². The van der Waals surface area contributed by atoms with Gasteiger partial charge in [0.25, 0.3) is 0 Å². The first kappa shape index (κ1) is 12.1. The summed E-state index contributed by atoms with van der Waals surface area (Å²) in [4.78, 5) is 2.49. The Bertz CT molecular complexity index is 407. The number of aliphatic hydroxyl groups excluding tert-OH is 1. The molecule has 3 rings (SSSR count). The van der Waals surface area contributed by atoms with Crippen LogP contribution in [0, 0.1) is 5.92 Å². The SMILES string of the molecule is Cn1cc(CN2CCO[C@@H]3[C@H](CO)CC[C@H]32)cn1. The summed E-state index contributed by atoms with van der Waals surface area (Å²) >= 11 is 0. The van der Waals surface area contributed by atoms with Gasteiger partial charge >= 0.3 is 0 Å². The molecule has 0 aromatic carbocycles. The molecule has 1 N–H and O–H groups in total. The van der Waals surface area contributed by atoms with E-state index in [0.717, 1.165) is 32.5 Å². The predicted molar refractivity (Wildman–Crippen MR) is 67.0 cm³/mol. The summed E-state index contributed by atoms with van der Waals surface area (Å²) < 4.78 is 7.70. The third-order valence-electron chi connectivity index (χ3n) is 4.21. The Morgan fingerprint density at radius 1 is 1.50 bits per heavy atom. The van der Waals surface area contributed by atoms with Crippen molar-refractivity contribution < 1.29 is 9.84 Å². The zero-order valence-electron chi connectivity index (χ0n) is 10.8. The van der Waals surface area contributed by atoms with Crippen LogP contribution in [-0.2, 0) is 18.3 Å². The Morgan fingerprint density at radius 2 is 2.39 bits per heavy atom. The number of aryl methyl sites for hydroxylation is 1. The maximum absolute atomic E-state index is 9.37. The number of hydrogen-bond acceptors (Lipinski definition) is 4. The van der Waals surface area contributed by atoms with Crippen LogP contribution in [-0.4, -0.2) is 51.7 Å². The van der Waals surface area contributed by atoms with Gasteiger partial charge in [0.1, 0.15) is 0 Å². The molecule has 5 nitrogen and oxygen atoms in total. The number of nitrogens with zero attached hydrogens (tertiary/aromatic N) is 3. The van der Waals surface area contributed by atoms with E-state index in [1.807, 2.05) is 17.9 Å². The lowest BCUT2D eigenvalue weighted by atomic mass is 10.0. The van der Waals surface area contributed by atoms with Crippen LogP contribution in [0.2, 0.25) is 0 Å². The van der Waals surface area contributed by atoms with E-state index in [-0.39, 0.29) is 12.7 Å². The van der Waals surface area contributed by atoms with E-state index in [9.17, 15) is 5.11 Å². The molecule has 0 radical (unpaired) electrons. The first-order chi connectivity index (χ1) is 8.78. The molecular formula is C13H21N3O2. The summed E-state index contributed by atoms with van der Waals surface area (Å²) in [6.07, 6.45) is 6.44. The molecular weight excluding hydrogens is 230 g/mol. The lowest BCUT2D eigenvalue weighted by Gasteiger charge is -2.38. The van der Waals surface area contributed by atoms with Crippen LogP contribution in [0.3, 0.4) is 0 Å². The van der Waals surface area contributed by atoms with Crippen LogP contribution in [0.5, 0.6) is 0 Å². The molecule has 0 amide bonds. The van der Waals surface area contributed by atoms with Gasteiger partial charge < -0.3 is 9.84 Å². The van der Waals surface area contributed by atoms with E-state index < -0.39 is 0 Å². The summed E-state index contributed by atoms with van der Waals surface area (Å²) in [5.74, 6) is 0.326. The fraction of sp³-hybridized carbons (Fsp3) is 0.769. The van der Waals surface area contributed by atoms with Gasteiger partial charge in [-0.15, -0.1) is 0 Å². The van der Waals surface area contributed by atoms with Crippen LogP contribution < -0.4 is 0 Å². The lowest BCUT2D eigenvalue weighted by molar-refractivity contribution is -0.0830. The highest BCUT2D eigenvalue weighted by molar-refractivity contribution is 5.05. The molecule has 100 valence electrons. The zero-order valence-corrected chi connectivity index (χ0v) is 10.8. The highest BCUT2D eigenvalue weighted by Gasteiger charge is 2.42. The van der Waals surface area contributed by atoms with Crippen molar-refractivity contribution in [1.82, 2.24) is 14.7 Å². The molecule has 1 aliphatic heterocycles. The van der Waals surface area contributed by atoms with E-state index in [2.05, 4.69) is 16.2 Å². The Hall–Kier alpha value is -0.910. The summed E-state index contributed by atoms with van der Waals surface area (Å²) in [6.45, 7) is 2.95. The van der Waals surface area contributed by atoms with Crippen LogP contribution in [0.4, 0.5) is 0 Å². The first-order valence-electron chi connectivity index (χ1n) is 6.72. The van der Waals surface area contributed by atoms with E-state index in [1.54, 1.807) is 0 Å². The topological polar surface area (TPSA) is 50.5 Å². The third-order valence-corrected chi connectivity index (χ3v) is 4.21. The maximum atomic E-state index is 9.37. The minimum atomic E-state index is 0.223. The summed E-state index contributed by atoms with van der Waals surface area (Å²) in [7, 11) is 1.95. The third kappa shape index (κ3) is 2.18. The second-order valence-corrected chi connectivity index (χ2v) is 5.42. The Labute approximate surface area is 107 Å². The van der Waals surface area contributed by atoms with Crippen molar-refractivity contribution in [2.75, 3.05) is 19.8 Å². The minimum absolute atomic E-state index is 0.223. The van der Waals surface area contributed by atoms with Crippen molar-refractivity contribution in [2.45, 2.75) is 31.5 Å². The molecule has 1 saturated heterocycles. The number of ether oxygens (including phenoxy) is 1. The molecule has 2 heterocycles. The van der Waals surface area contributed by atoms with Gasteiger partial charge in [0, 0.05) is 50.5 Å². The van der Waals surface area contributed by atoms with Gasteiger partial charge in [-0.3, -0.25) is 9.58 Å². The molecule has 18 heavy (non-hydrogen) atoms. The largest absolute Gasteiger partial charge is 0.396 e. The Kier molecular flexibility index (Phi) is 3.37. The normalized spacial score (nSPS) is 32.7. The molecule has 2 aliphatic rings. The Morgan fingerprint density at radius 3 is 3.11 bits per heavy atom. The van der Waals surface area contributed by atoms with Gasteiger partial charge in [0.05, 0.1) is 18.9 Å². The maximum Gasteiger partial charge on any atom is 0.0780 e. The summed E-state index contributed by atoms with van der Waals surface area (Å²) in [5.41, 5.74) is 1.26. The van der Waals surface area contributed by atoms with Crippen molar-refractivity contribution >= 4 is 0 Å². The smallest absolute Gasteiger partial charge is 0.0780 e. The van der Waals surface area contributed by atoms with Crippen molar-refractivity contribution in [3.8, 4) is 0 Å². The van der Waals surface area contributed by atoms with Gasteiger partial charge in [-0.2, -0.15) is 5.10 Å². The molecule has 3 atom stereocenters. The first-order valence-corrected chi connectivity index (χ1v) is 6.72. The molecule has 2 fully saturated rings. The molecule has 1 aromatic heterocycles. The summed E-state index contributed by atoms with van der Waals surface area (Å²) in [6, 6.07) is 0.469. The quantitative estimate of drug-likeness (QED) is 0.844. The van der Waals surface area contributed by atoms with Crippen molar-refractivity contribution in [2.24, 2.45) is 13.0 Å². The van der Waals surface area contributed by atoms with Crippen LogP contribution in [0.15, 0.2) is 12.4 Å². The standard InChI is InChI=1S/C13H21N3O2/c1-15-7-10(6-14-15)8-16-4-5-18-13-11(9-17)2-3-12(13)16/h6-7,11-13,17H,2-5,8-9H2,1H3/t11-,12+,13+/m0/s1. The molecule has 1 saturated carbocycles. The highest BCUT2D eigenvalue weighted by Crippen LogP contribution is 2.34. The lowest BCUT2D eigenvalue weighted by Crippen LogP contribution is -2.50. The van der Waals surface area contributed by atoms with E-state index in [1.165, 1.54) is 5.56 Å². The second kappa shape index (κ2) is 4.99. The number of fused-ring (bicyclic) bond motifs is 1. The van der Waals surface area contributed by atoms with E-state index in [0.29, 0.717) is 12.0 Å². The van der Waals surface area contributed by atoms with Crippen molar-refractivity contribution in [3.63, 3.8) is 0 Å². The monoisotopic (exact) mass is 251 g/mol. The number of rotatable bonds is 3. The highest BCUT2D eigenvalue weighted by atomic mass is 16.5. The van der Waals surface area contributed by atoms with Crippen molar-refractivity contribution in [3.05, 3.63) is 18.0 Å². The van der Waals surface area contributed by atoms with Gasteiger partial charge in [0.15, 0.2) is 0 Å². The van der Waals surface area contributed by atoms with Crippen molar-refractivity contribution in [1.29, 1.82) is 0 Å². The van der Waals surface area contributed by atoms with Crippen LogP contribution in [0.1, 0.15) is 18.4 Å². The number of aromatic nitrogens is 2. The van der Waals surface area contributed by atoms with Gasteiger partial charge in [-0.1, -0.05) is 0 Å². The fourth-order valence-electron chi connectivity index (χ4n) is 3.32. The van der Waals surface area contributed by atoms with E-state index >= 15 is 0 Å². The number of hydrogen-bond donors (Lipinski definition) is 1. The van der Waals surface area contributed by atoms with Crippen LogP contribution in [0.25, 0.3) is 0 Å². The summed E-state index contributed by atoms with van der Waals surface area (Å²) in [5, 5.41) is 13.6.